The molecule has 0 saturated heterocycles. The van der Waals surface area contributed by atoms with E-state index in [1.165, 1.54) is 37.8 Å². The second-order valence-electron chi connectivity index (χ2n) is 6.55. The fourth-order valence-corrected chi connectivity index (χ4v) is 4.20. The van der Waals surface area contributed by atoms with Crippen LogP contribution in [-0.4, -0.2) is 28.5 Å². The lowest BCUT2D eigenvalue weighted by Crippen LogP contribution is -2.28. The highest BCUT2D eigenvalue weighted by molar-refractivity contribution is 7.80. The number of nitrogens with zero attached hydrogens (tertiary/aromatic N) is 2. The summed E-state index contributed by atoms with van der Waals surface area (Å²) in [5.74, 6) is 2.93. The van der Waals surface area contributed by atoms with Crippen molar-refractivity contribution >= 4 is 17.2 Å². The predicted molar refractivity (Wildman–Crippen MR) is 85.4 cm³/mol. The standard InChI is InChI=1S/C16H23N3S/c1-19(10-14-7-11-2-3-13(14)6-11)9-12-4-5-18-15(8-12)16(17)20/h4-5,8,11,13-14H,2-3,6-7,9-10H2,1H3,(H2,17,20). The molecule has 0 amide bonds. The fourth-order valence-electron chi connectivity index (χ4n) is 4.08. The molecule has 108 valence electrons. The van der Waals surface area contributed by atoms with Crippen LogP contribution in [0.3, 0.4) is 0 Å². The summed E-state index contributed by atoms with van der Waals surface area (Å²) in [5.41, 5.74) is 7.61. The average Bonchev–Trinajstić information content (AvgIpc) is 3.01. The summed E-state index contributed by atoms with van der Waals surface area (Å²) < 4.78 is 0. The van der Waals surface area contributed by atoms with Crippen LogP contribution in [0.2, 0.25) is 0 Å². The molecular weight excluding hydrogens is 266 g/mol. The number of nitrogens with two attached hydrogens (primary N) is 1. The molecule has 0 aliphatic heterocycles. The number of fused-ring (bicyclic) bond motifs is 2. The van der Waals surface area contributed by atoms with Gasteiger partial charge in [-0.2, -0.15) is 0 Å². The van der Waals surface area contributed by atoms with Crippen molar-refractivity contribution in [2.45, 2.75) is 32.2 Å². The highest BCUT2D eigenvalue weighted by Crippen LogP contribution is 2.48. The maximum absolute atomic E-state index is 5.64. The van der Waals surface area contributed by atoms with Gasteiger partial charge in [-0.25, -0.2) is 0 Å². The highest BCUT2D eigenvalue weighted by atomic mass is 32.1. The van der Waals surface area contributed by atoms with Gasteiger partial charge in [-0.15, -0.1) is 0 Å². The van der Waals surface area contributed by atoms with E-state index < -0.39 is 0 Å². The molecule has 2 saturated carbocycles. The van der Waals surface area contributed by atoms with E-state index in [1.54, 1.807) is 6.20 Å². The Morgan fingerprint density at radius 3 is 2.95 bits per heavy atom. The third-order valence-electron chi connectivity index (χ3n) is 4.96. The summed E-state index contributed by atoms with van der Waals surface area (Å²) >= 11 is 4.99. The summed E-state index contributed by atoms with van der Waals surface area (Å²) in [6.07, 6.45) is 7.68. The van der Waals surface area contributed by atoms with Crippen molar-refractivity contribution in [2.75, 3.05) is 13.6 Å². The number of hydrogen-bond acceptors (Lipinski definition) is 3. The van der Waals surface area contributed by atoms with Gasteiger partial charge in [-0.1, -0.05) is 18.6 Å². The van der Waals surface area contributed by atoms with E-state index in [0.717, 1.165) is 30.0 Å². The van der Waals surface area contributed by atoms with Gasteiger partial charge in [0.05, 0.1) is 5.69 Å². The van der Waals surface area contributed by atoms with Gasteiger partial charge in [0.1, 0.15) is 4.99 Å². The van der Waals surface area contributed by atoms with Crippen molar-refractivity contribution in [1.29, 1.82) is 0 Å². The lowest BCUT2D eigenvalue weighted by Gasteiger charge is -2.27. The Hall–Kier alpha value is -1.00. The second kappa shape index (κ2) is 5.78. The molecule has 0 radical (unpaired) electrons. The molecular formula is C16H23N3S. The van der Waals surface area contributed by atoms with Crippen molar-refractivity contribution in [3.63, 3.8) is 0 Å². The van der Waals surface area contributed by atoms with E-state index in [4.69, 9.17) is 18.0 Å². The Morgan fingerprint density at radius 2 is 2.30 bits per heavy atom. The predicted octanol–water partition coefficient (Wildman–Crippen LogP) is 2.58. The van der Waals surface area contributed by atoms with E-state index in [-0.39, 0.29) is 0 Å². The molecule has 3 atom stereocenters. The molecule has 1 aromatic heterocycles. The molecule has 2 aliphatic rings. The Labute approximate surface area is 126 Å². The summed E-state index contributed by atoms with van der Waals surface area (Å²) in [6, 6.07) is 4.07. The Balaban J connectivity index is 1.57. The van der Waals surface area contributed by atoms with Gasteiger partial charge in [0.15, 0.2) is 0 Å². The lowest BCUT2D eigenvalue weighted by molar-refractivity contribution is 0.214. The largest absolute Gasteiger partial charge is 0.388 e. The van der Waals surface area contributed by atoms with Gasteiger partial charge >= 0.3 is 0 Å². The molecule has 3 nitrogen and oxygen atoms in total. The van der Waals surface area contributed by atoms with Crippen LogP contribution in [0.15, 0.2) is 18.3 Å². The highest BCUT2D eigenvalue weighted by Gasteiger charge is 2.39. The first-order valence-electron chi connectivity index (χ1n) is 7.55. The first-order chi connectivity index (χ1) is 9.61. The van der Waals surface area contributed by atoms with Crippen molar-refractivity contribution in [1.82, 2.24) is 9.88 Å². The van der Waals surface area contributed by atoms with E-state index in [0.29, 0.717) is 4.99 Å². The van der Waals surface area contributed by atoms with Crippen LogP contribution in [0.1, 0.15) is 36.9 Å². The number of aromatic nitrogens is 1. The first-order valence-corrected chi connectivity index (χ1v) is 7.96. The quantitative estimate of drug-likeness (QED) is 0.846. The zero-order valence-corrected chi connectivity index (χ0v) is 12.9. The first kappa shape index (κ1) is 14.0. The Bertz CT molecular complexity index is 502. The van der Waals surface area contributed by atoms with E-state index in [9.17, 15) is 0 Å². The molecule has 3 unspecified atom stereocenters. The summed E-state index contributed by atoms with van der Waals surface area (Å²) in [7, 11) is 2.22. The molecule has 1 heterocycles. The molecule has 3 rings (SSSR count). The smallest absolute Gasteiger partial charge is 0.122 e. The van der Waals surface area contributed by atoms with Crippen LogP contribution < -0.4 is 5.73 Å². The molecule has 2 aliphatic carbocycles. The molecule has 1 aromatic rings. The SMILES string of the molecule is CN(Cc1ccnc(C(N)=S)c1)CC1CC2CCC1C2. The summed E-state index contributed by atoms with van der Waals surface area (Å²) in [5, 5.41) is 0. The lowest BCUT2D eigenvalue weighted by atomic mass is 9.88. The van der Waals surface area contributed by atoms with Crippen LogP contribution in [0.4, 0.5) is 0 Å². The topological polar surface area (TPSA) is 42.2 Å². The average molecular weight is 289 g/mol. The third kappa shape index (κ3) is 3.01. The normalized spacial score (nSPS) is 28.2. The minimum absolute atomic E-state index is 0.377. The van der Waals surface area contributed by atoms with Crippen molar-refractivity contribution in [3.8, 4) is 0 Å². The van der Waals surface area contributed by atoms with E-state index in [1.807, 2.05) is 6.07 Å². The van der Waals surface area contributed by atoms with Crippen molar-refractivity contribution in [3.05, 3.63) is 29.6 Å². The van der Waals surface area contributed by atoms with Gasteiger partial charge in [0.2, 0.25) is 0 Å². The molecule has 20 heavy (non-hydrogen) atoms. The second-order valence-corrected chi connectivity index (χ2v) is 6.99. The molecule has 2 bridgehead atoms. The minimum atomic E-state index is 0.377. The van der Waals surface area contributed by atoms with Gasteiger partial charge in [0.25, 0.3) is 0 Å². The van der Waals surface area contributed by atoms with Gasteiger partial charge in [-0.3, -0.25) is 4.98 Å². The minimum Gasteiger partial charge on any atom is -0.388 e. The number of pyridine rings is 1. The fraction of sp³-hybridized carbons (Fsp3) is 0.625. The van der Waals surface area contributed by atoms with Crippen molar-refractivity contribution in [2.24, 2.45) is 23.5 Å². The van der Waals surface area contributed by atoms with Crippen LogP contribution in [0.25, 0.3) is 0 Å². The summed E-state index contributed by atoms with van der Waals surface area (Å²) in [6.45, 7) is 2.16. The Morgan fingerprint density at radius 1 is 1.45 bits per heavy atom. The van der Waals surface area contributed by atoms with Crippen molar-refractivity contribution < 1.29 is 0 Å². The molecule has 2 fully saturated rings. The maximum atomic E-state index is 5.64. The number of hydrogen-bond donors (Lipinski definition) is 1. The molecule has 2 N–H and O–H groups in total. The van der Waals surface area contributed by atoms with E-state index in [2.05, 4.69) is 23.0 Å². The molecule has 4 heteroatoms. The zero-order valence-electron chi connectivity index (χ0n) is 12.1. The summed E-state index contributed by atoms with van der Waals surface area (Å²) in [4.78, 5) is 7.01. The van der Waals surface area contributed by atoms with Gasteiger partial charge in [0, 0.05) is 19.3 Å². The number of thiocarbonyl (C=S) groups is 1. The monoisotopic (exact) mass is 289 g/mol. The zero-order chi connectivity index (χ0) is 14.1. The van der Waals surface area contributed by atoms with Crippen LogP contribution in [0, 0.1) is 17.8 Å². The van der Waals surface area contributed by atoms with Crippen LogP contribution in [-0.2, 0) is 6.54 Å². The number of rotatable bonds is 5. The van der Waals surface area contributed by atoms with Crippen LogP contribution in [0.5, 0.6) is 0 Å². The van der Waals surface area contributed by atoms with Crippen LogP contribution >= 0.6 is 12.2 Å². The van der Waals surface area contributed by atoms with Gasteiger partial charge in [-0.05, 0) is 61.8 Å². The third-order valence-corrected chi connectivity index (χ3v) is 5.17. The van der Waals surface area contributed by atoms with Gasteiger partial charge < -0.3 is 10.6 Å². The maximum Gasteiger partial charge on any atom is 0.122 e. The Kier molecular flexibility index (Phi) is 4.03. The molecule has 0 aromatic carbocycles. The molecule has 0 spiro atoms. The van der Waals surface area contributed by atoms with E-state index >= 15 is 0 Å².